The molecule has 0 aliphatic carbocycles. The summed E-state index contributed by atoms with van der Waals surface area (Å²) < 4.78 is 11.0. The van der Waals surface area contributed by atoms with Crippen LogP contribution >= 0.6 is 0 Å². The Morgan fingerprint density at radius 3 is 3.38 bits per heavy atom. The molecular weight excluding hydrogens is 204 g/mol. The van der Waals surface area contributed by atoms with Crippen molar-refractivity contribution in [1.82, 2.24) is 10.3 Å². The van der Waals surface area contributed by atoms with Gasteiger partial charge in [0.05, 0.1) is 6.61 Å². The van der Waals surface area contributed by atoms with Crippen LogP contribution in [0, 0.1) is 5.92 Å². The first-order chi connectivity index (χ1) is 7.92. The number of aromatic nitrogens is 1. The Labute approximate surface area is 93.6 Å². The number of hydrogen-bond acceptors (Lipinski definition) is 4. The smallest absolute Gasteiger partial charge is 0.181 e. The second-order valence-corrected chi connectivity index (χ2v) is 4.15. The van der Waals surface area contributed by atoms with E-state index < -0.39 is 0 Å². The fourth-order valence-corrected chi connectivity index (χ4v) is 2.00. The summed E-state index contributed by atoms with van der Waals surface area (Å²) in [5.41, 5.74) is 1.65. The molecule has 1 unspecified atom stereocenters. The predicted molar refractivity (Wildman–Crippen MR) is 60.5 cm³/mol. The Kier molecular flexibility index (Phi) is 2.50. The molecule has 84 valence electrons. The van der Waals surface area contributed by atoms with E-state index in [1.54, 1.807) is 0 Å². The van der Waals surface area contributed by atoms with Gasteiger partial charge in [0.15, 0.2) is 12.0 Å². The summed E-state index contributed by atoms with van der Waals surface area (Å²) in [7, 11) is 0. The van der Waals surface area contributed by atoms with Crippen LogP contribution in [0.25, 0.3) is 11.1 Å². The standard InChI is InChI=1S/C12H14N2O2/c1-2-11-12(16-8-14-11)5-10(1)15-7-9-3-4-13-6-9/h1-2,5,8-9,13H,3-4,6-7H2. The zero-order valence-corrected chi connectivity index (χ0v) is 8.98. The third kappa shape index (κ3) is 1.88. The van der Waals surface area contributed by atoms with Crippen molar-refractivity contribution in [2.24, 2.45) is 5.92 Å². The summed E-state index contributed by atoms with van der Waals surface area (Å²) >= 11 is 0. The molecule has 0 amide bonds. The minimum Gasteiger partial charge on any atom is -0.493 e. The van der Waals surface area contributed by atoms with Gasteiger partial charge in [-0.25, -0.2) is 4.98 Å². The molecule has 3 rings (SSSR count). The lowest BCUT2D eigenvalue weighted by atomic mass is 10.1. The van der Waals surface area contributed by atoms with E-state index in [0.717, 1.165) is 36.5 Å². The van der Waals surface area contributed by atoms with E-state index in [1.165, 1.54) is 12.8 Å². The summed E-state index contributed by atoms with van der Waals surface area (Å²) in [4.78, 5) is 4.07. The molecule has 1 aliphatic rings. The summed E-state index contributed by atoms with van der Waals surface area (Å²) in [5.74, 6) is 1.49. The Balaban J connectivity index is 1.68. The molecule has 1 aliphatic heterocycles. The zero-order chi connectivity index (χ0) is 10.8. The molecule has 4 heteroatoms. The van der Waals surface area contributed by atoms with Gasteiger partial charge in [0, 0.05) is 18.5 Å². The lowest BCUT2D eigenvalue weighted by Gasteiger charge is -2.10. The molecule has 2 heterocycles. The van der Waals surface area contributed by atoms with Crippen LogP contribution in [0.15, 0.2) is 29.0 Å². The van der Waals surface area contributed by atoms with Gasteiger partial charge in [-0.2, -0.15) is 0 Å². The number of ether oxygens (including phenoxy) is 1. The van der Waals surface area contributed by atoms with Crippen molar-refractivity contribution in [2.75, 3.05) is 19.7 Å². The van der Waals surface area contributed by atoms with Gasteiger partial charge in [-0.15, -0.1) is 0 Å². The Hall–Kier alpha value is -1.55. The minimum atomic E-state index is 0.630. The number of nitrogens with one attached hydrogen (secondary N) is 1. The van der Waals surface area contributed by atoms with Gasteiger partial charge < -0.3 is 14.5 Å². The Morgan fingerprint density at radius 2 is 2.50 bits per heavy atom. The van der Waals surface area contributed by atoms with Gasteiger partial charge in [-0.1, -0.05) is 0 Å². The van der Waals surface area contributed by atoms with Crippen LogP contribution in [0.2, 0.25) is 0 Å². The SMILES string of the molecule is c1nc2ccc(OCC3CCNC3)cc2o1. The van der Waals surface area contributed by atoms with Crippen molar-refractivity contribution in [3.05, 3.63) is 24.6 Å². The molecule has 0 saturated carbocycles. The van der Waals surface area contributed by atoms with Gasteiger partial charge in [0.2, 0.25) is 0 Å². The maximum absolute atomic E-state index is 5.74. The van der Waals surface area contributed by atoms with Crippen LogP contribution in [-0.2, 0) is 0 Å². The Morgan fingerprint density at radius 1 is 1.50 bits per heavy atom. The van der Waals surface area contributed by atoms with Crippen molar-refractivity contribution in [1.29, 1.82) is 0 Å². The zero-order valence-electron chi connectivity index (χ0n) is 8.98. The second kappa shape index (κ2) is 4.14. The lowest BCUT2D eigenvalue weighted by Crippen LogP contribution is -2.15. The molecule has 0 radical (unpaired) electrons. The first-order valence-electron chi connectivity index (χ1n) is 5.58. The van der Waals surface area contributed by atoms with E-state index >= 15 is 0 Å². The minimum absolute atomic E-state index is 0.630. The van der Waals surface area contributed by atoms with Crippen LogP contribution in [0.5, 0.6) is 5.75 Å². The number of rotatable bonds is 3. The maximum atomic E-state index is 5.74. The van der Waals surface area contributed by atoms with Crippen LogP contribution in [-0.4, -0.2) is 24.7 Å². The van der Waals surface area contributed by atoms with Gasteiger partial charge in [-0.3, -0.25) is 0 Å². The molecule has 1 atom stereocenters. The topological polar surface area (TPSA) is 47.3 Å². The normalized spacial score (nSPS) is 20.4. The van der Waals surface area contributed by atoms with Gasteiger partial charge in [0.25, 0.3) is 0 Å². The van der Waals surface area contributed by atoms with Gasteiger partial charge in [0.1, 0.15) is 11.3 Å². The summed E-state index contributed by atoms with van der Waals surface area (Å²) in [5, 5.41) is 3.33. The fourth-order valence-electron chi connectivity index (χ4n) is 2.00. The van der Waals surface area contributed by atoms with E-state index in [4.69, 9.17) is 9.15 Å². The average Bonchev–Trinajstić information content (AvgIpc) is 2.97. The first kappa shape index (κ1) is 9.66. The quantitative estimate of drug-likeness (QED) is 0.853. The van der Waals surface area contributed by atoms with Gasteiger partial charge >= 0.3 is 0 Å². The number of fused-ring (bicyclic) bond motifs is 1. The third-order valence-electron chi connectivity index (χ3n) is 2.95. The molecule has 1 saturated heterocycles. The average molecular weight is 218 g/mol. The molecule has 16 heavy (non-hydrogen) atoms. The van der Waals surface area contributed by atoms with Crippen LogP contribution in [0.4, 0.5) is 0 Å². The molecule has 1 N–H and O–H groups in total. The predicted octanol–water partition coefficient (Wildman–Crippen LogP) is 1.82. The highest BCUT2D eigenvalue weighted by molar-refractivity contribution is 5.73. The monoisotopic (exact) mass is 218 g/mol. The molecule has 1 fully saturated rings. The van der Waals surface area contributed by atoms with E-state index in [0.29, 0.717) is 5.92 Å². The van der Waals surface area contributed by atoms with E-state index in [2.05, 4.69) is 10.3 Å². The fraction of sp³-hybridized carbons (Fsp3) is 0.417. The molecule has 2 aromatic rings. The molecular formula is C12H14N2O2. The molecule has 0 spiro atoms. The van der Waals surface area contributed by atoms with Crippen molar-refractivity contribution < 1.29 is 9.15 Å². The van der Waals surface area contributed by atoms with E-state index in [-0.39, 0.29) is 0 Å². The third-order valence-corrected chi connectivity index (χ3v) is 2.95. The highest BCUT2D eigenvalue weighted by Gasteiger charge is 2.14. The molecule has 0 bridgehead atoms. The van der Waals surface area contributed by atoms with Crippen LogP contribution < -0.4 is 10.1 Å². The number of nitrogens with zero attached hydrogens (tertiary/aromatic N) is 1. The van der Waals surface area contributed by atoms with Crippen molar-refractivity contribution in [3.63, 3.8) is 0 Å². The van der Waals surface area contributed by atoms with Gasteiger partial charge in [-0.05, 0) is 25.1 Å². The molecule has 1 aromatic carbocycles. The Bertz CT molecular complexity index is 475. The molecule has 4 nitrogen and oxygen atoms in total. The van der Waals surface area contributed by atoms with Crippen molar-refractivity contribution in [2.45, 2.75) is 6.42 Å². The lowest BCUT2D eigenvalue weighted by molar-refractivity contribution is 0.260. The summed E-state index contributed by atoms with van der Waals surface area (Å²) in [6, 6.07) is 5.75. The number of benzene rings is 1. The number of hydrogen-bond donors (Lipinski definition) is 1. The molecule has 1 aromatic heterocycles. The first-order valence-corrected chi connectivity index (χ1v) is 5.58. The number of oxazole rings is 1. The van der Waals surface area contributed by atoms with E-state index in [9.17, 15) is 0 Å². The largest absolute Gasteiger partial charge is 0.493 e. The highest BCUT2D eigenvalue weighted by Crippen LogP contribution is 2.20. The maximum Gasteiger partial charge on any atom is 0.181 e. The van der Waals surface area contributed by atoms with Crippen LogP contribution in [0.3, 0.4) is 0 Å². The summed E-state index contributed by atoms with van der Waals surface area (Å²) in [6.45, 7) is 2.94. The summed E-state index contributed by atoms with van der Waals surface area (Å²) in [6.07, 6.45) is 2.65. The second-order valence-electron chi connectivity index (χ2n) is 4.15. The van der Waals surface area contributed by atoms with Crippen molar-refractivity contribution in [3.8, 4) is 5.75 Å². The van der Waals surface area contributed by atoms with Crippen molar-refractivity contribution >= 4 is 11.1 Å². The highest BCUT2D eigenvalue weighted by atomic mass is 16.5. The van der Waals surface area contributed by atoms with Crippen LogP contribution in [0.1, 0.15) is 6.42 Å². The van der Waals surface area contributed by atoms with E-state index in [1.807, 2.05) is 18.2 Å².